The Hall–Kier alpha value is -1.74. The first-order chi connectivity index (χ1) is 13.7. The Bertz CT molecular complexity index is 928. The maximum absolute atomic E-state index is 12.7. The fourth-order valence-electron chi connectivity index (χ4n) is 4.90. The maximum Gasteiger partial charge on any atom is 0.406 e. The molecule has 1 fully saturated rings. The zero-order valence-corrected chi connectivity index (χ0v) is 17.9. The van der Waals surface area contributed by atoms with Crippen LogP contribution in [0.5, 0.6) is 0 Å². The minimum atomic E-state index is -4.40. The van der Waals surface area contributed by atoms with E-state index >= 15 is 0 Å². The minimum absolute atomic E-state index is 0.0139. The van der Waals surface area contributed by atoms with Crippen LogP contribution >= 0.6 is 15.9 Å². The highest BCUT2D eigenvalue weighted by Gasteiger charge is 2.41. The van der Waals surface area contributed by atoms with Crippen molar-refractivity contribution < 1.29 is 18.0 Å². The molecule has 0 saturated carbocycles. The average Bonchev–Trinajstić information content (AvgIpc) is 2.96. The maximum atomic E-state index is 12.7. The number of aromatic nitrogens is 1. The van der Waals surface area contributed by atoms with Gasteiger partial charge in [-0.2, -0.15) is 13.2 Å². The summed E-state index contributed by atoms with van der Waals surface area (Å²) in [4.78, 5) is 18.9. The van der Waals surface area contributed by atoms with E-state index in [-0.39, 0.29) is 18.5 Å². The molecular weight excluding hydrogens is 449 g/mol. The Morgan fingerprint density at radius 1 is 1.41 bits per heavy atom. The van der Waals surface area contributed by atoms with Crippen LogP contribution in [0.25, 0.3) is 10.9 Å². The number of carbonyl (C=O) groups is 1. The number of carbonyl (C=O) groups excluding carboxylic acids is 1. The molecule has 2 N–H and O–H groups in total. The highest BCUT2D eigenvalue weighted by molar-refractivity contribution is 9.10. The third-order valence-corrected chi connectivity index (χ3v) is 6.84. The van der Waals surface area contributed by atoms with E-state index in [4.69, 9.17) is 0 Å². The summed E-state index contributed by atoms with van der Waals surface area (Å²) in [5, 5.41) is 4.08. The molecule has 0 unspecified atom stereocenters. The van der Waals surface area contributed by atoms with Crippen LogP contribution in [0.3, 0.4) is 0 Å². The summed E-state index contributed by atoms with van der Waals surface area (Å²) in [6.45, 7) is 0.954. The largest absolute Gasteiger partial charge is 0.406 e. The number of nitrogens with one attached hydrogen (secondary N) is 2. The second-order valence-electron chi connectivity index (χ2n) is 8.02. The first kappa shape index (κ1) is 20.5. The lowest BCUT2D eigenvalue weighted by Crippen LogP contribution is -2.57. The monoisotopic (exact) mass is 472 g/mol. The molecule has 1 saturated heterocycles. The Morgan fingerprint density at radius 2 is 2.17 bits per heavy atom. The molecule has 158 valence electrons. The smallest absolute Gasteiger partial charge is 0.349 e. The van der Waals surface area contributed by atoms with Crippen LogP contribution in [-0.4, -0.2) is 65.8 Å². The standard InChI is InChI=1S/C20H24BrF3N4O/c1-3-28(10-20(22,23)24)19(29)25-11-7-13-12-5-4-6-15-17(12)14(18(21)26-15)8-16(13)27(2)9-11/h4-6,11,13,16,26H,3,7-10H2,1-2H3,(H,25,29)/t11-,13+,16+/m0/s1. The van der Waals surface area contributed by atoms with E-state index in [1.165, 1.54) is 16.5 Å². The van der Waals surface area contributed by atoms with E-state index in [2.05, 4.69) is 43.3 Å². The molecule has 1 aromatic heterocycles. The number of urea groups is 1. The molecule has 0 bridgehead atoms. The van der Waals surface area contributed by atoms with Gasteiger partial charge < -0.3 is 20.1 Å². The van der Waals surface area contributed by atoms with Crippen LogP contribution in [0.2, 0.25) is 0 Å². The third-order valence-electron chi connectivity index (χ3n) is 6.16. The van der Waals surface area contributed by atoms with E-state index in [1.807, 2.05) is 13.1 Å². The van der Waals surface area contributed by atoms with E-state index in [0.717, 1.165) is 21.4 Å². The summed E-state index contributed by atoms with van der Waals surface area (Å²) < 4.78 is 39.3. The summed E-state index contributed by atoms with van der Waals surface area (Å²) in [6.07, 6.45) is -2.79. The molecule has 1 aliphatic heterocycles. The van der Waals surface area contributed by atoms with Crippen molar-refractivity contribution in [2.24, 2.45) is 0 Å². The number of amides is 2. The highest BCUT2D eigenvalue weighted by atomic mass is 79.9. The normalized spacial score (nSPS) is 24.4. The molecule has 29 heavy (non-hydrogen) atoms. The molecular formula is C20H24BrF3N4O. The molecule has 5 nitrogen and oxygen atoms in total. The van der Waals surface area contributed by atoms with E-state index < -0.39 is 18.8 Å². The summed E-state index contributed by atoms with van der Waals surface area (Å²) in [5.41, 5.74) is 3.59. The molecule has 0 spiro atoms. The van der Waals surface area contributed by atoms with Gasteiger partial charge in [0, 0.05) is 42.0 Å². The van der Waals surface area contributed by atoms with Gasteiger partial charge >= 0.3 is 12.2 Å². The van der Waals surface area contributed by atoms with Crippen molar-refractivity contribution in [2.45, 2.75) is 43.9 Å². The van der Waals surface area contributed by atoms with Gasteiger partial charge in [-0.15, -0.1) is 0 Å². The van der Waals surface area contributed by atoms with Gasteiger partial charge in [0.1, 0.15) is 6.54 Å². The fraction of sp³-hybridized carbons (Fsp3) is 0.550. The number of rotatable bonds is 3. The minimum Gasteiger partial charge on any atom is -0.349 e. The number of likely N-dealkylation sites (tertiary alicyclic amines) is 1. The van der Waals surface area contributed by atoms with E-state index in [0.29, 0.717) is 19.0 Å². The average molecular weight is 473 g/mol. The highest BCUT2D eigenvalue weighted by Crippen LogP contribution is 2.45. The number of piperidine rings is 1. The molecule has 9 heteroatoms. The number of nitrogens with zero attached hydrogens (tertiary/aromatic N) is 2. The number of hydrogen-bond acceptors (Lipinski definition) is 2. The van der Waals surface area contributed by atoms with Crippen molar-refractivity contribution in [3.8, 4) is 0 Å². The number of halogens is 4. The van der Waals surface area contributed by atoms with Gasteiger partial charge in [0.2, 0.25) is 0 Å². The summed E-state index contributed by atoms with van der Waals surface area (Å²) in [7, 11) is 2.02. The lowest BCUT2D eigenvalue weighted by Gasteiger charge is -2.46. The number of alkyl halides is 3. The SMILES string of the molecule is CCN(CC(F)(F)F)C(=O)N[C@H]1C[C@@H]2c3cccc4[nH]c(Br)c(c34)C[C@H]2N(C)C1. The second kappa shape index (κ2) is 7.50. The summed E-state index contributed by atoms with van der Waals surface area (Å²) in [6, 6.07) is 5.65. The Balaban J connectivity index is 1.56. The predicted molar refractivity (Wildman–Crippen MR) is 109 cm³/mol. The van der Waals surface area contributed by atoms with Crippen LogP contribution < -0.4 is 5.32 Å². The van der Waals surface area contributed by atoms with Crippen LogP contribution in [0.4, 0.5) is 18.0 Å². The molecule has 2 aliphatic rings. The first-order valence-corrected chi connectivity index (χ1v) is 10.6. The van der Waals surface area contributed by atoms with Gasteiger partial charge in [-0.25, -0.2) is 4.79 Å². The van der Waals surface area contributed by atoms with E-state index in [1.54, 1.807) is 6.92 Å². The van der Waals surface area contributed by atoms with Crippen molar-refractivity contribution in [3.63, 3.8) is 0 Å². The molecule has 2 heterocycles. The van der Waals surface area contributed by atoms with Crippen LogP contribution in [0, 0.1) is 0 Å². The van der Waals surface area contributed by atoms with Gasteiger partial charge in [0.05, 0.1) is 4.60 Å². The molecule has 2 amide bonds. The fourth-order valence-corrected chi connectivity index (χ4v) is 5.47. The topological polar surface area (TPSA) is 51.4 Å². The molecule has 3 atom stereocenters. The molecule has 0 radical (unpaired) electrons. The number of hydrogen-bond donors (Lipinski definition) is 2. The first-order valence-electron chi connectivity index (χ1n) is 9.79. The number of likely N-dealkylation sites (N-methyl/N-ethyl adjacent to an activating group) is 1. The zero-order valence-electron chi connectivity index (χ0n) is 16.3. The zero-order chi connectivity index (χ0) is 20.9. The number of aromatic amines is 1. The number of H-pyrrole nitrogens is 1. The number of fused-ring (bicyclic) bond motifs is 2. The molecule has 2 aromatic rings. The quantitative estimate of drug-likeness (QED) is 0.701. The van der Waals surface area contributed by atoms with Crippen LogP contribution in [-0.2, 0) is 6.42 Å². The Morgan fingerprint density at radius 3 is 2.86 bits per heavy atom. The lowest BCUT2D eigenvalue weighted by molar-refractivity contribution is -0.139. The van der Waals surface area contributed by atoms with Gasteiger partial charge in [0.15, 0.2) is 0 Å². The van der Waals surface area contributed by atoms with Crippen LogP contribution in [0.15, 0.2) is 22.8 Å². The number of benzene rings is 1. The van der Waals surface area contributed by atoms with Gasteiger partial charge in [-0.3, -0.25) is 0 Å². The van der Waals surface area contributed by atoms with Crippen LogP contribution in [0.1, 0.15) is 30.4 Å². The molecule has 1 aliphatic carbocycles. The van der Waals surface area contributed by atoms with Gasteiger partial charge in [-0.05, 0) is 59.9 Å². The van der Waals surface area contributed by atoms with Crippen molar-refractivity contribution >= 4 is 32.9 Å². The van der Waals surface area contributed by atoms with E-state index in [9.17, 15) is 18.0 Å². The Kier molecular flexibility index (Phi) is 5.31. The summed E-state index contributed by atoms with van der Waals surface area (Å²) in [5.74, 6) is 0.218. The van der Waals surface area contributed by atoms with Crippen molar-refractivity contribution in [1.82, 2.24) is 20.1 Å². The van der Waals surface area contributed by atoms with Crippen molar-refractivity contribution in [2.75, 3.05) is 26.7 Å². The third kappa shape index (κ3) is 3.86. The molecule has 1 aromatic carbocycles. The Labute approximate surface area is 175 Å². The lowest BCUT2D eigenvalue weighted by atomic mass is 9.74. The predicted octanol–water partition coefficient (Wildman–Crippen LogP) is 4.24. The van der Waals surface area contributed by atoms with Gasteiger partial charge in [0.25, 0.3) is 0 Å². The second-order valence-corrected chi connectivity index (χ2v) is 8.81. The van der Waals surface area contributed by atoms with Crippen molar-refractivity contribution in [1.29, 1.82) is 0 Å². The van der Waals surface area contributed by atoms with Crippen molar-refractivity contribution in [3.05, 3.63) is 33.9 Å². The van der Waals surface area contributed by atoms with Gasteiger partial charge in [-0.1, -0.05) is 12.1 Å². The molecule has 4 rings (SSSR count). The summed E-state index contributed by atoms with van der Waals surface area (Å²) >= 11 is 3.64.